The minimum atomic E-state index is -0.468. The minimum absolute atomic E-state index is 0.0912. The zero-order valence-corrected chi connectivity index (χ0v) is 16.9. The molecule has 1 N–H and O–H groups in total. The molecular formula is C22H25N3O5. The van der Waals surface area contributed by atoms with Crippen molar-refractivity contribution in [2.75, 3.05) is 18.7 Å². The second-order valence-electron chi connectivity index (χ2n) is 7.86. The first-order chi connectivity index (χ1) is 14.5. The summed E-state index contributed by atoms with van der Waals surface area (Å²) in [5.74, 6) is 1.20. The maximum Gasteiger partial charge on any atom is 0.293 e. The SMILES string of the molecule is Cc1ccc(NC(=O)CN(Cc2ccc3c(c2)OCO3)C2CCCC2)c([N+](=O)[O-])c1. The number of nitro groups is 1. The number of fused-ring (bicyclic) bond motifs is 1. The van der Waals surface area contributed by atoms with Crippen molar-refractivity contribution in [1.29, 1.82) is 0 Å². The van der Waals surface area contributed by atoms with Gasteiger partial charge in [-0.25, -0.2) is 0 Å². The van der Waals surface area contributed by atoms with E-state index in [4.69, 9.17) is 9.47 Å². The molecule has 0 spiro atoms. The maximum absolute atomic E-state index is 12.8. The summed E-state index contributed by atoms with van der Waals surface area (Å²) in [6.07, 6.45) is 4.38. The van der Waals surface area contributed by atoms with Crippen LogP contribution in [0, 0.1) is 17.0 Å². The van der Waals surface area contributed by atoms with Crippen LogP contribution in [0.3, 0.4) is 0 Å². The summed E-state index contributed by atoms with van der Waals surface area (Å²) in [6, 6.07) is 10.9. The third-order valence-corrected chi connectivity index (χ3v) is 5.63. The molecule has 0 saturated heterocycles. The van der Waals surface area contributed by atoms with Crippen LogP contribution in [0.15, 0.2) is 36.4 Å². The second-order valence-corrected chi connectivity index (χ2v) is 7.86. The van der Waals surface area contributed by atoms with Crippen molar-refractivity contribution in [3.8, 4) is 11.5 Å². The van der Waals surface area contributed by atoms with E-state index in [9.17, 15) is 14.9 Å². The van der Waals surface area contributed by atoms with Crippen molar-refractivity contribution >= 4 is 17.3 Å². The van der Waals surface area contributed by atoms with Gasteiger partial charge in [0, 0.05) is 18.7 Å². The fourth-order valence-electron chi connectivity index (χ4n) is 4.13. The van der Waals surface area contributed by atoms with Gasteiger partial charge in [-0.1, -0.05) is 25.0 Å². The number of carbonyl (C=O) groups is 1. The summed E-state index contributed by atoms with van der Waals surface area (Å²) in [5.41, 5.74) is 1.95. The number of hydrogen-bond acceptors (Lipinski definition) is 6. The van der Waals surface area contributed by atoms with Crippen molar-refractivity contribution in [1.82, 2.24) is 4.90 Å². The Labute approximate surface area is 174 Å². The molecule has 0 radical (unpaired) electrons. The van der Waals surface area contributed by atoms with E-state index in [0.29, 0.717) is 12.6 Å². The zero-order valence-electron chi connectivity index (χ0n) is 16.9. The number of benzene rings is 2. The third-order valence-electron chi connectivity index (χ3n) is 5.63. The van der Waals surface area contributed by atoms with Gasteiger partial charge in [0.1, 0.15) is 5.69 Å². The monoisotopic (exact) mass is 411 g/mol. The molecule has 8 nitrogen and oxygen atoms in total. The van der Waals surface area contributed by atoms with Gasteiger partial charge in [0.2, 0.25) is 12.7 Å². The van der Waals surface area contributed by atoms with Crippen LogP contribution in [0.4, 0.5) is 11.4 Å². The second kappa shape index (κ2) is 8.71. The number of anilines is 1. The number of amides is 1. The van der Waals surface area contributed by atoms with Gasteiger partial charge in [0.15, 0.2) is 11.5 Å². The average molecular weight is 411 g/mol. The highest BCUT2D eigenvalue weighted by molar-refractivity contribution is 5.94. The van der Waals surface area contributed by atoms with Crippen molar-refractivity contribution < 1.29 is 19.2 Å². The molecule has 2 aromatic rings. The molecule has 1 aliphatic carbocycles. The van der Waals surface area contributed by atoms with Gasteiger partial charge in [0.25, 0.3) is 5.69 Å². The summed E-state index contributed by atoms with van der Waals surface area (Å²) in [5, 5.41) is 14.1. The lowest BCUT2D eigenvalue weighted by Crippen LogP contribution is -2.39. The molecule has 1 fully saturated rings. The highest BCUT2D eigenvalue weighted by Gasteiger charge is 2.26. The Morgan fingerprint density at radius 3 is 2.70 bits per heavy atom. The highest BCUT2D eigenvalue weighted by Crippen LogP contribution is 2.34. The molecule has 0 atom stereocenters. The van der Waals surface area contributed by atoms with Crippen LogP contribution in [0.2, 0.25) is 0 Å². The van der Waals surface area contributed by atoms with E-state index in [1.54, 1.807) is 19.1 Å². The number of aryl methyl sites for hydroxylation is 1. The number of nitro benzene ring substituents is 1. The molecule has 1 saturated carbocycles. The fraction of sp³-hybridized carbons (Fsp3) is 0.409. The summed E-state index contributed by atoms with van der Waals surface area (Å²) < 4.78 is 10.8. The molecule has 0 unspecified atom stereocenters. The molecule has 4 rings (SSSR count). The lowest BCUT2D eigenvalue weighted by Gasteiger charge is -2.28. The molecule has 1 amide bonds. The van der Waals surface area contributed by atoms with Crippen LogP contribution >= 0.6 is 0 Å². The van der Waals surface area contributed by atoms with E-state index in [1.165, 1.54) is 6.07 Å². The summed E-state index contributed by atoms with van der Waals surface area (Å²) in [6.45, 7) is 2.78. The predicted molar refractivity (Wildman–Crippen MR) is 112 cm³/mol. The van der Waals surface area contributed by atoms with Crippen molar-refractivity contribution in [3.63, 3.8) is 0 Å². The smallest absolute Gasteiger partial charge is 0.293 e. The topological polar surface area (TPSA) is 93.9 Å². The van der Waals surface area contributed by atoms with Gasteiger partial charge in [-0.05, 0) is 49.1 Å². The normalized spacial score (nSPS) is 15.5. The average Bonchev–Trinajstić information content (AvgIpc) is 3.40. The molecular weight excluding hydrogens is 386 g/mol. The number of carbonyl (C=O) groups excluding carboxylic acids is 1. The predicted octanol–water partition coefficient (Wildman–Crippen LogP) is 4.02. The van der Waals surface area contributed by atoms with E-state index < -0.39 is 4.92 Å². The van der Waals surface area contributed by atoms with E-state index in [-0.39, 0.29) is 30.6 Å². The van der Waals surface area contributed by atoms with Crippen LogP contribution in [-0.2, 0) is 11.3 Å². The van der Waals surface area contributed by atoms with E-state index >= 15 is 0 Å². The first kappa shape index (κ1) is 20.2. The van der Waals surface area contributed by atoms with Crippen LogP contribution in [0.25, 0.3) is 0 Å². The Morgan fingerprint density at radius 1 is 1.17 bits per heavy atom. The number of nitrogens with one attached hydrogen (secondary N) is 1. The van der Waals surface area contributed by atoms with E-state index in [1.807, 2.05) is 18.2 Å². The summed E-state index contributed by atoms with van der Waals surface area (Å²) in [7, 11) is 0. The Hall–Kier alpha value is -3.13. The molecule has 158 valence electrons. The fourth-order valence-corrected chi connectivity index (χ4v) is 4.13. The van der Waals surface area contributed by atoms with Gasteiger partial charge in [-0.15, -0.1) is 0 Å². The van der Waals surface area contributed by atoms with Crippen LogP contribution in [-0.4, -0.2) is 35.1 Å². The summed E-state index contributed by atoms with van der Waals surface area (Å²) in [4.78, 5) is 25.8. The Bertz CT molecular complexity index is 956. The Kier molecular flexibility index (Phi) is 5.85. The van der Waals surface area contributed by atoms with Gasteiger partial charge in [0.05, 0.1) is 11.5 Å². The number of nitrogens with zero attached hydrogens (tertiary/aromatic N) is 2. The van der Waals surface area contributed by atoms with Gasteiger partial charge < -0.3 is 14.8 Å². The number of rotatable bonds is 7. The molecule has 0 bridgehead atoms. The van der Waals surface area contributed by atoms with Crippen molar-refractivity contribution in [2.45, 2.75) is 45.2 Å². The zero-order chi connectivity index (χ0) is 21.1. The van der Waals surface area contributed by atoms with Crippen LogP contribution < -0.4 is 14.8 Å². The van der Waals surface area contributed by atoms with Gasteiger partial charge >= 0.3 is 0 Å². The molecule has 2 aliphatic rings. The van der Waals surface area contributed by atoms with Crippen molar-refractivity contribution in [2.24, 2.45) is 0 Å². The molecule has 1 aliphatic heterocycles. The maximum atomic E-state index is 12.8. The standard InChI is InChI=1S/C22H25N3O5/c1-15-6-8-18(19(10-15)25(27)28)23-22(26)13-24(17-4-2-3-5-17)12-16-7-9-20-21(11-16)30-14-29-20/h6-11,17H,2-5,12-14H2,1H3,(H,23,26). The Morgan fingerprint density at radius 2 is 1.93 bits per heavy atom. The van der Waals surface area contributed by atoms with Crippen molar-refractivity contribution in [3.05, 3.63) is 57.6 Å². The van der Waals surface area contributed by atoms with E-state index in [0.717, 1.165) is 48.3 Å². The largest absolute Gasteiger partial charge is 0.454 e. The quantitative estimate of drug-likeness (QED) is 0.546. The minimum Gasteiger partial charge on any atom is -0.454 e. The van der Waals surface area contributed by atoms with Gasteiger partial charge in [-0.3, -0.25) is 19.8 Å². The number of ether oxygens (including phenoxy) is 2. The third kappa shape index (κ3) is 4.54. The number of hydrogen-bond donors (Lipinski definition) is 1. The molecule has 8 heteroatoms. The van der Waals surface area contributed by atoms with E-state index in [2.05, 4.69) is 10.2 Å². The molecule has 0 aromatic heterocycles. The highest BCUT2D eigenvalue weighted by atomic mass is 16.7. The lowest BCUT2D eigenvalue weighted by atomic mass is 10.1. The first-order valence-corrected chi connectivity index (χ1v) is 10.2. The summed E-state index contributed by atoms with van der Waals surface area (Å²) >= 11 is 0. The lowest BCUT2D eigenvalue weighted by molar-refractivity contribution is -0.384. The Balaban J connectivity index is 1.48. The molecule has 30 heavy (non-hydrogen) atoms. The molecule has 2 aromatic carbocycles. The van der Waals surface area contributed by atoms with Crippen LogP contribution in [0.5, 0.6) is 11.5 Å². The van der Waals surface area contributed by atoms with Crippen LogP contribution in [0.1, 0.15) is 36.8 Å². The van der Waals surface area contributed by atoms with Gasteiger partial charge in [-0.2, -0.15) is 0 Å². The molecule has 1 heterocycles. The first-order valence-electron chi connectivity index (χ1n) is 10.2.